The first-order valence-electron chi connectivity index (χ1n) is 6.89. The standard InChI is InChI=1S/C15H18ClN3O/c1-20-14-12(16)7-9-5-3-2-4-6-10(9)13(14)11-8-18-19-15(11)17/h7-8H,2-6H2,1H3,(H3,17,18,19). The van der Waals surface area contributed by atoms with Crippen molar-refractivity contribution in [2.75, 3.05) is 12.8 Å². The van der Waals surface area contributed by atoms with E-state index in [9.17, 15) is 0 Å². The maximum Gasteiger partial charge on any atom is 0.145 e. The molecule has 0 fully saturated rings. The van der Waals surface area contributed by atoms with Crippen LogP contribution in [0.3, 0.4) is 0 Å². The summed E-state index contributed by atoms with van der Waals surface area (Å²) < 4.78 is 5.53. The molecule has 1 aliphatic rings. The topological polar surface area (TPSA) is 63.9 Å². The molecule has 20 heavy (non-hydrogen) atoms. The van der Waals surface area contributed by atoms with E-state index in [0.717, 1.165) is 24.0 Å². The third-order valence-corrected chi connectivity index (χ3v) is 4.23. The SMILES string of the molecule is COc1c(Cl)cc2c(c1-c1cn[nH]c1N)CCCCC2. The Bertz CT molecular complexity index is 636. The van der Waals surface area contributed by atoms with Crippen LogP contribution in [0.5, 0.6) is 5.75 Å². The van der Waals surface area contributed by atoms with Gasteiger partial charge in [-0.15, -0.1) is 0 Å². The van der Waals surface area contributed by atoms with Gasteiger partial charge in [-0.1, -0.05) is 18.0 Å². The molecular formula is C15H18ClN3O. The van der Waals surface area contributed by atoms with E-state index < -0.39 is 0 Å². The van der Waals surface area contributed by atoms with Crippen molar-refractivity contribution in [3.05, 3.63) is 28.4 Å². The molecule has 0 amide bonds. The van der Waals surface area contributed by atoms with E-state index in [1.165, 1.54) is 30.4 Å². The fraction of sp³-hybridized carbons (Fsp3) is 0.400. The first-order valence-corrected chi connectivity index (χ1v) is 7.27. The lowest BCUT2D eigenvalue weighted by atomic mass is 9.92. The molecule has 4 nitrogen and oxygen atoms in total. The highest BCUT2D eigenvalue weighted by atomic mass is 35.5. The lowest BCUT2D eigenvalue weighted by molar-refractivity contribution is 0.416. The van der Waals surface area contributed by atoms with Crippen LogP contribution >= 0.6 is 11.6 Å². The molecule has 0 unspecified atom stereocenters. The average molecular weight is 292 g/mol. The van der Waals surface area contributed by atoms with Gasteiger partial charge in [-0.3, -0.25) is 5.10 Å². The first kappa shape index (κ1) is 13.3. The van der Waals surface area contributed by atoms with Crippen LogP contribution < -0.4 is 10.5 Å². The third-order valence-electron chi connectivity index (χ3n) is 3.95. The third kappa shape index (κ3) is 2.14. The Morgan fingerprint density at radius 1 is 1.30 bits per heavy atom. The normalized spacial score (nSPS) is 14.7. The Hall–Kier alpha value is -1.68. The molecule has 0 saturated heterocycles. The molecule has 106 valence electrons. The van der Waals surface area contributed by atoms with Crippen molar-refractivity contribution in [2.24, 2.45) is 0 Å². The number of nitrogens with zero attached hydrogens (tertiary/aromatic N) is 1. The number of benzene rings is 1. The quantitative estimate of drug-likeness (QED) is 0.831. The molecule has 0 aliphatic heterocycles. The molecule has 0 bridgehead atoms. The zero-order valence-electron chi connectivity index (χ0n) is 11.5. The van der Waals surface area contributed by atoms with Crippen molar-refractivity contribution in [1.29, 1.82) is 0 Å². The predicted molar refractivity (Wildman–Crippen MR) is 81.3 cm³/mol. The van der Waals surface area contributed by atoms with Gasteiger partial charge in [-0.25, -0.2) is 0 Å². The number of aromatic nitrogens is 2. The van der Waals surface area contributed by atoms with E-state index in [1.54, 1.807) is 13.3 Å². The highest BCUT2D eigenvalue weighted by Gasteiger charge is 2.22. The summed E-state index contributed by atoms with van der Waals surface area (Å²) in [6.07, 6.45) is 7.47. The molecule has 2 aromatic rings. The molecule has 3 N–H and O–H groups in total. The van der Waals surface area contributed by atoms with Gasteiger partial charge in [-0.05, 0) is 42.9 Å². The van der Waals surface area contributed by atoms with Crippen LogP contribution in [-0.4, -0.2) is 17.3 Å². The number of H-pyrrole nitrogens is 1. The predicted octanol–water partition coefficient (Wildman–Crippen LogP) is 3.59. The molecule has 0 radical (unpaired) electrons. The summed E-state index contributed by atoms with van der Waals surface area (Å²) >= 11 is 6.39. The van der Waals surface area contributed by atoms with Crippen molar-refractivity contribution in [1.82, 2.24) is 10.2 Å². The fourth-order valence-corrected chi connectivity index (χ4v) is 3.31. The molecule has 0 saturated carbocycles. The van der Waals surface area contributed by atoms with Crippen LogP contribution in [0.15, 0.2) is 12.3 Å². The summed E-state index contributed by atoms with van der Waals surface area (Å²) in [5.74, 6) is 1.25. The van der Waals surface area contributed by atoms with E-state index in [4.69, 9.17) is 22.1 Å². The van der Waals surface area contributed by atoms with Crippen molar-refractivity contribution in [3.63, 3.8) is 0 Å². The Balaban J connectivity index is 2.29. The van der Waals surface area contributed by atoms with Crippen LogP contribution in [-0.2, 0) is 12.8 Å². The second kappa shape index (κ2) is 5.37. The largest absolute Gasteiger partial charge is 0.495 e. The van der Waals surface area contributed by atoms with E-state index in [1.807, 2.05) is 6.07 Å². The number of nitrogen functional groups attached to an aromatic ring is 1. The maximum absolute atomic E-state index is 6.39. The van der Waals surface area contributed by atoms with Crippen LogP contribution in [0.1, 0.15) is 30.4 Å². The molecule has 1 aliphatic carbocycles. The average Bonchev–Trinajstić information content (AvgIpc) is 2.71. The fourth-order valence-electron chi connectivity index (χ4n) is 3.01. The number of ether oxygens (including phenoxy) is 1. The van der Waals surface area contributed by atoms with Gasteiger partial charge in [0.2, 0.25) is 0 Å². The molecule has 1 aromatic heterocycles. The number of anilines is 1. The number of rotatable bonds is 2. The number of aromatic amines is 1. The molecule has 3 rings (SSSR count). The number of hydrogen-bond acceptors (Lipinski definition) is 3. The minimum atomic E-state index is 0.553. The molecule has 5 heteroatoms. The van der Waals surface area contributed by atoms with E-state index in [2.05, 4.69) is 10.2 Å². The maximum atomic E-state index is 6.39. The monoisotopic (exact) mass is 291 g/mol. The zero-order chi connectivity index (χ0) is 14.1. The Kier molecular flexibility index (Phi) is 3.57. The van der Waals surface area contributed by atoms with Crippen LogP contribution in [0.25, 0.3) is 11.1 Å². The van der Waals surface area contributed by atoms with Crippen LogP contribution in [0.4, 0.5) is 5.82 Å². The van der Waals surface area contributed by atoms with Gasteiger partial charge in [0.15, 0.2) is 0 Å². The summed E-state index contributed by atoms with van der Waals surface area (Å²) in [5, 5.41) is 7.46. The zero-order valence-corrected chi connectivity index (χ0v) is 12.3. The Morgan fingerprint density at radius 2 is 2.10 bits per heavy atom. The van der Waals surface area contributed by atoms with Crippen molar-refractivity contribution < 1.29 is 4.74 Å². The minimum Gasteiger partial charge on any atom is -0.495 e. The number of nitrogens with one attached hydrogen (secondary N) is 1. The number of halogens is 1. The molecular weight excluding hydrogens is 274 g/mol. The summed E-state index contributed by atoms with van der Waals surface area (Å²) in [6.45, 7) is 0. The van der Waals surface area contributed by atoms with E-state index in [0.29, 0.717) is 16.6 Å². The molecule has 0 spiro atoms. The van der Waals surface area contributed by atoms with Gasteiger partial charge in [-0.2, -0.15) is 5.10 Å². The van der Waals surface area contributed by atoms with Gasteiger partial charge in [0.25, 0.3) is 0 Å². The first-order chi connectivity index (χ1) is 9.72. The lowest BCUT2D eigenvalue weighted by Gasteiger charge is -2.17. The molecule has 1 heterocycles. The van der Waals surface area contributed by atoms with E-state index in [-0.39, 0.29) is 0 Å². The highest BCUT2D eigenvalue weighted by Crippen LogP contribution is 2.44. The summed E-state index contributed by atoms with van der Waals surface area (Å²) in [4.78, 5) is 0. The van der Waals surface area contributed by atoms with Crippen molar-refractivity contribution in [2.45, 2.75) is 32.1 Å². The Morgan fingerprint density at radius 3 is 2.80 bits per heavy atom. The second-order valence-corrected chi connectivity index (χ2v) is 5.57. The van der Waals surface area contributed by atoms with Gasteiger partial charge in [0, 0.05) is 11.1 Å². The van der Waals surface area contributed by atoms with Crippen molar-refractivity contribution in [3.8, 4) is 16.9 Å². The van der Waals surface area contributed by atoms with Gasteiger partial charge in [0.05, 0.1) is 18.3 Å². The minimum absolute atomic E-state index is 0.553. The number of fused-ring (bicyclic) bond motifs is 1. The lowest BCUT2D eigenvalue weighted by Crippen LogP contribution is -2.01. The second-order valence-electron chi connectivity index (χ2n) is 5.16. The van der Waals surface area contributed by atoms with Gasteiger partial charge >= 0.3 is 0 Å². The highest BCUT2D eigenvalue weighted by molar-refractivity contribution is 6.32. The summed E-state index contributed by atoms with van der Waals surface area (Å²) in [7, 11) is 1.64. The number of hydrogen-bond donors (Lipinski definition) is 2. The number of methoxy groups -OCH3 is 1. The number of aryl methyl sites for hydroxylation is 1. The molecule has 0 atom stereocenters. The summed E-state index contributed by atoms with van der Waals surface area (Å²) in [6, 6.07) is 2.04. The van der Waals surface area contributed by atoms with Gasteiger partial charge in [0.1, 0.15) is 11.6 Å². The smallest absolute Gasteiger partial charge is 0.145 e. The van der Waals surface area contributed by atoms with Crippen LogP contribution in [0, 0.1) is 0 Å². The Labute approximate surface area is 123 Å². The van der Waals surface area contributed by atoms with Gasteiger partial charge < -0.3 is 10.5 Å². The van der Waals surface area contributed by atoms with E-state index >= 15 is 0 Å². The summed E-state index contributed by atoms with van der Waals surface area (Å²) in [5.41, 5.74) is 10.5. The van der Waals surface area contributed by atoms with Crippen LogP contribution in [0.2, 0.25) is 5.02 Å². The number of nitrogens with two attached hydrogens (primary N) is 1. The van der Waals surface area contributed by atoms with Crippen molar-refractivity contribution >= 4 is 17.4 Å². The molecule has 1 aromatic carbocycles.